The standard InChI is InChI=1S/C25H23N3O3.C22H21N3O2/c1-5-25(29)28-23-8-6-7-17(2)22(23)14-24-26-15-19(16-27-24)10-9-18-11-20(30-3)13-21(12-18)31-4;1-15-5-4-6-21(23)20(15)12-22-24-13-17(14-25-22)8-7-16-9-18(26-2)11-19(10-16)27-3/h5-8,11-13,15-16H,1,14H2,2-4H3,(H,28,29);4-6,9-11,13-14H,12,23H2,1-3H3. The van der Waals surface area contributed by atoms with Crippen molar-refractivity contribution in [1.29, 1.82) is 0 Å². The Morgan fingerprint density at radius 2 is 1.02 bits per heavy atom. The summed E-state index contributed by atoms with van der Waals surface area (Å²) in [6.07, 6.45) is 9.15. The molecule has 2 aromatic heterocycles. The van der Waals surface area contributed by atoms with Crippen LogP contribution in [0.25, 0.3) is 0 Å². The number of hydrogen-bond acceptors (Lipinski definition) is 10. The maximum absolute atomic E-state index is 11.7. The van der Waals surface area contributed by atoms with Gasteiger partial charge in [0.2, 0.25) is 5.91 Å². The van der Waals surface area contributed by atoms with Crippen LogP contribution in [0.2, 0.25) is 0 Å². The highest BCUT2D eigenvalue weighted by Crippen LogP contribution is 2.24. The summed E-state index contributed by atoms with van der Waals surface area (Å²) in [5, 5.41) is 2.83. The van der Waals surface area contributed by atoms with E-state index in [4.69, 9.17) is 24.7 Å². The van der Waals surface area contributed by atoms with Gasteiger partial charge in [-0.25, -0.2) is 19.9 Å². The van der Waals surface area contributed by atoms with Gasteiger partial charge in [-0.15, -0.1) is 0 Å². The topological polar surface area (TPSA) is 144 Å². The highest BCUT2D eigenvalue weighted by molar-refractivity contribution is 5.99. The predicted octanol–water partition coefficient (Wildman–Crippen LogP) is 7.29. The van der Waals surface area contributed by atoms with Crippen LogP contribution in [0.15, 0.2) is 110 Å². The van der Waals surface area contributed by atoms with Crippen LogP contribution in [0.3, 0.4) is 0 Å². The Balaban J connectivity index is 0.000000223. The van der Waals surface area contributed by atoms with Crippen molar-refractivity contribution in [3.05, 3.63) is 166 Å². The van der Waals surface area contributed by atoms with Gasteiger partial charge < -0.3 is 30.0 Å². The van der Waals surface area contributed by atoms with Crippen LogP contribution in [0.4, 0.5) is 11.4 Å². The molecule has 11 nitrogen and oxygen atoms in total. The molecule has 0 unspecified atom stereocenters. The average Bonchev–Trinajstić information content (AvgIpc) is 3.25. The number of carbonyl (C=O) groups excluding carboxylic acids is 1. The number of methoxy groups -OCH3 is 4. The molecule has 0 aliphatic rings. The van der Waals surface area contributed by atoms with Gasteiger partial charge in [0.25, 0.3) is 0 Å². The lowest BCUT2D eigenvalue weighted by atomic mass is 10.0. The van der Waals surface area contributed by atoms with Crippen LogP contribution in [0.1, 0.15) is 56.2 Å². The Labute approximate surface area is 339 Å². The molecule has 0 saturated carbocycles. The van der Waals surface area contributed by atoms with E-state index < -0.39 is 0 Å². The van der Waals surface area contributed by atoms with Gasteiger partial charge in [-0.3, -0.25) is 4.79 Å². The van der Waals surface area contributed by atoms with Gasteiger partial charge >= 0.3 is 0 Å². The number of nitrogens with two attached hydrogens (primary N) is 1. The quantitative estimate of drug-likeness (QED) is 0.0828. The number of nitrogens with zero attached hydrogens (tertiary/aromatic N) is 4. The molecule has 2 heterocycles. The molecule has 58 heavy (non-hydrogen) atoms. The van der Waals surface area contributed by atoms with Crippen molar-refractivity contribution in [3.63, 3.8) is 0 Å². The fraction of sp³-hybridized carbons (Fsp3) is 0.170. The molecule has 6 rings (SSSR count). The SMILES string of the molecule is C=CC(=O)Nc1cccc(C)c1Cc1ncc(C#Cc2cc(OC)cc(OC)c2)cn1.COc1cc(C#Cc2cnc(Cc3c(C)cccc3N)nc2)cc(OC)c1. The van der Waals surface area contributed by atoms with E-state index in [2.05, 4.69) is 55.5 Å². The third-order valence-electron chi connectivity index (χ3n) is 8.79. The Morgan fingerprint density at radius 1 is 0.621 bits per heavy atom. The van der Waals surface area contributed by atoms with Crippen molar-refractivity contribution < 1.29 is 23.7 Å². The zero-order valence-electron chi connectivity index (χ0n) is 33.3. The fourth-order valence-electron chi connectivity index (χ4n) is 5.59. The van der Waals surface area contributed by atoms with Crippen molar-refractivity contribution in [2.75, 3.05) is 39.5 Å². The van der Waals surface area contributed by atoms with Crippen molar-refractivity contribution in [3.8, 4) is 46.7 Å². The highest BCUT2D eigenvalue weighted by Gasteiger charge is 2.11. The van der Waals surface area contributed by atoms with Gasteiger partial charge in [0, 0.05) is 72.3 Å². The first-order chi connectivity index (χ1) is 28.1. The van der Waals surface area contributed by atoms with Gasteiger partial charge in [0.15, 0.2) is 0 Å². The minimum atomic E-state index is -0.257. The van der Waals surface area contributed by atoms with Crippen LogP contribution in [0, 0.1) is 37.5 Å². The van der Waals surface area contributed by atoms with E-state index in [1.165, 1.54) is 6.08 Å². The van der Waals surface area contributed by atoms with Gasteiger partial charge in [-0.2, -0.15) is 0 Å². The molecule has 0 fully saturated rings. The lowest BCUT2D eigenvalue weighted by molar-refractivity contribution is -0.111. The molecule has 0 bridgehead atoms. The van der Waals surface area contributed by atoms with E-state index in [0.717, 1.165) is 50.3 Å². The molecule has 0 radical (unpaired) electrons. The van der Waals surface area contributed by atoms with Crippen LogP contribution < -0.4 is 30.0 Å². The molecule has 11 heteroatoms. The van der Waals surface area contributed by atoms with E-state index in [9.17, 15) is 4.79 Å². The number of ether oxygens (including phenoxy) is 4. The Kier molecular flexibility index (Phi) is 14.6. The number of aromatic nitrogens is 4. The number of rotatable bonds is 10. The minimum absolute atomic E-state index is 0.257. The summed E-state index contributed by atoms with van der Waals surface area (Å²) in [7, 11) is 6.42. The maximum Gasteiger partial charge on any atom is 0.247 e. The molecule has 292 valence electrons. The van der Waals surface area contributed by atoms with Gasteiger partial charge in [0.05, 0.1) is 39.6 Å². The third-order valence-corrected chi connectivity index (χ3v) is 8.79. The predicted molar refractivity (Wildman–Crippen MR) is 226 cm³/mol. The average molecular weight is 773 g/mol. The van der Waals surface area contributed by atoms with Crippen LogP contribution >= 0.6 is 0 Å². The number of carbonyl (C=O) groups is 1. The molecule has 0 spiro atoms. The summed E-state index contributed by atoms with van der Waals surface area (Å²) >= 11 is 0. The zero-order valence-corrected chi connectivity index (χ0v) is 33.3. The van der Waals surface area contributed by atoms with E-state index in [1.807, 2.05) is 74.5 Å². The zero-order chi connectivity index (χ0) is 41.4. The summed E-state index contributed by atoms with van der Waals surface area (Å²) in [4.78, 5) is 29.4. The molecule has 0 aliphatic carbocycles. The Morgan fingerprint density at radius 3 is 1.43 bits per heavy atom. The second-order valence-electron chi connectivity index (χ2n) is 12.8. The highest BCUT2D eigenvalue weighted by atomic mass is 16.5. The molecule has 6 aromatic rings. The number of aryl methyl sites for hydroxylation is 2. The first-order valence-corrected chi connectivity index (χ1v) is 18.1. The molecule has 0 aliphatic heterocycles. The normalized spacial score (nSPS) is 9.97. The lowest BCUT2D eigenvalue weighted by Gasteiger charge is -2.12. The summed E-state index contributed by atoms with van der Waals surface area (Å²) in [5.74, 6) is 16.1. The van der Waals surface area contributed by atoms with Crippen LogP contribution in [-0.4, -0.2) is 54.3 Å². The second-order valence-corrected chi connectivity index (χ2v) is 12.8. The molecular formula is C47H44N6O5. The first kappa shape index (κ1) is 41.5. The number of nitrogens with one attached hydrogen (secondary N) is 1. The van der Waals surface area contributed by atoms with Gasteiger partial charge in [-0.1, -0.05) is 54.5 Å². The minimum Gasteiger partial charge on any atom is -0.497 e. The maximum atomic E-state index is 11.7. The Hall–Kier alpha value is -7.63. The third kappa shape index (κ3) is 11.7. The summed E-state index contributed by atoms with van der Waals surface area (Å²) in [6.45, 7) is 7.52. The fourth-order valence-corrected chi connectivity index (χ4v) is 5.59. The van der Waals surface area contributed by atoms with Gasteiger partial charge in [-0.05, 0) is 78.6 Å². The molecule has 1 amide bonds. The monoisotopic (exact) mass is 772 g/mol. The molecule has 3 N–H and O–H groups in total. The molecule has 0 atom stereocenters. The van der Waals surface area contributed by atoms with Crippen molar-refractivity contribution >= 4 is 17.3 Å². The van der Waals surface area contributed by atoms with Crippen molar-refractivity contribution in [1.82, 2.24) is 19.9 Å². The first-order valence-electron chi connectivity index (χ1n) is 18.1. The summed E-state index contributed by atoms with van der Waals surface area (Å²) in [6, 6.07) is 22.6. The Bertz CT molecular complexity index is 2450. The van der Waals surface area contributed by atoms with E-state index >= 15 is 0 Å². The van der Waals surface area contributed by atoms with Crippen LogP contribution in [0.5, 0.6) is 23.0 Å². The lowest BCUT2D eigenvalue weighted by Crippen LogP contribution is -2.11. The molecule has 0 saturated heterocycles. The van der Waals surface area contributed by atoms with Crippen molar-refractivity contribution in [2.24, 2.45) is 0 Å². The van der Waals surface area contributed by atoms with Crippen LogP contribution in [-0.2, 0) is 17.6 Å². The van der Waals surface area contributed by atoms with E-state index in [1.54, 1.807) is 65.4 Å². The summed E-state index contributed by atoms with van der Waals surface area (Å²) in [5.41, 5.74) is 14.7. The van der Waals surface area contributed by atoms with Gasteiger partial charge in [0.1, 0.15) is 34.6 Å². The largest absolute Gasteiger partial charge is 0.497 e. The van der Waals surface area contributed by atoms with E-state index in [0.29, 0.717) is 53.1 Å². The smallest absolute Gasteiger partial charge is 0.247 e. The number of amides is 1. The number of nitrogen functional groups attached to an aromatic ring is 1. The second kappa shape index (κ2) is 20.3. The number of anilines is 2. The van der Waals surface area contributed by atoms with E-state index in [-0.39, 0.29) is 5.91 Å². The molecule has 4 aromatic carbocycles. The van der Waals surface area contributed by atoms with Crippen molar-refractivity contribution in [2.45, 2.75) is 26.7 Å². The number of hydrogen-bond donors (Lipinski definition) is 2. The molecular weight excluding hydrogens is 729 g/mol. The summed E-state index contributed by atoms with van der Waals surface area (Å²) < 4.78 is 21.1. The number of benzene rings is 4.